The van der Waals surface area contributed by atoms with E-state index in [1.54, 1.807) is 43.6 Å². The first-order valence-corrected chi connectivity index (χ1v) is 6.40. The molecule has 0 unspecified atom stereocenters. The third-order valence-corrected chi connectivity index (χ3v) is 3.40. The third kappa shape index (κ3) is 2.16. The summed E-state index contributed by atoms with van der Waals surface area (Å²) in [6.45, 7) is 0. The van der Waals surface area contributed by atoms with Gasteiger partial charge in [0.2, 0.25) is 0 Å². The van der Waals surface area contributed by atoms with E-state index >= 15 is 0 Å². The van der Waals surface area contributed by atoms with Gasteiger partial charge in [0.1, 0.15) is 11.5 Å². The molecule has 3 aromatic rings. The summed E-state index contributed by atoms with van der Waals surface area (Å²) in [6.07, 6.45) is 1.56. The van der Waals surface area contributed by atoms with Crippen LogP contribution in [0.25, 0.3) is 10.9 Å². The lowest BCUT2D eigenvalue weighted by Crippen LogP contribution is -2.14. The molecule has 0 amide bonds. The molecular formula is C16H13F2N3. The zero-order valence-corrected chi connectivity index (χ0v) is 11.3. The standard InChI is InChI=1S/C16H13F2N3/c1-21(14-7-3-2-6-11(14)17)16-12(18)9-13(19)10-5-4-8-20-15(10)16/h2-9H,19H2,1H3. The molecular weight excluding hydrogens is 272 g/mol. The average molecular weight is 285 g/mol. The van der Waals surface area contributed by atoms with Crippen LogP contribution in [0.4, 0.5) is 25.8 Å². The smallest absolute Gasteiger partial charge is 0.151 e. The normalized spacial score (nSPS) is 10.8. The lowest BCUT2D eigenvalue weighted by Gasteiger charge is -2.22. The van der Waals surface area contributed by atoms with Crippen LogP contribution in [0.15, 0.2) is 48.7 Å². The van der Waals surface area contributed by atoms with Gasteiger partial charge in [-0.25, -0.2) is 8.78 Å². The Bertz CT molecular complexity index is 818. The molecule has 0 saturated heterocycles. The van der Waals surface area contributed by atoms with Crippen LogP contribution in [-0.4, -0.2) is 12.0 Å². The summed E-state index contributed by atoms with van der Waals surface area (Å²) in [5.41, 5.74) is 7.00. The minimum Gasteiger partial charge on any atom is -0.398 e. The Hall–Kier alpha value is -2.69. The van der Waals surface area contributed by atoms with Crippen LogP contribution in [0.2, 0.25) is 0 Å². The molecule has 0 fully saturated rings. The fourth-order valence-corrected chi connectivity index (χ4v) is 2.39. The van der Waals surface area contributed by atoms with Crippen LogP contribution >= 0.6 is 0 Å². The molecule has 0 aliphatic heterocycles. The van der Waals surface area contributed by atoms with E-state index in [4.69, 9.17) is 5.73 Å². The Morgan fingerprint density at radius 1 is 1.05 bits per heavy atom. The van der Waals surface area contributed by atoms with E-state index in [-0.39, 0.29) is 11.4 Å². The van der Waals surface area contributed by atoms with Crippen molar-refractivity contribution in [2.45, 2.75) is 0 Å². The minimum absolute atomic E-state index is 0.199. The van der Waals surface area contributed by atoms with Gasteiger partial charge in [-0.2, -0.15) is 0 Å². The van der Waals surface area contributed by atoms with Crippen molar-refractivity contribution in [1.29, 1.82) is 0 Å². The van der Waals surface area contributed by atoms with Gasteiger partial charge in [0.25, 0.3) is 0 Å². The van der Waals surface area contributed by atoms with Gasteiger partial charge in [0.05, 0.1) is 11.2 Å². The number of nitrogens with two attached hydrogens (primary N) is 1. The summed E-state index contributed by atoms with van der Waals surface area (Å²) in [7, 11) is 1.60. The van der Waals surface area contributed by atoms with Gasteiger partial charge < -0.3 is 10.6 Å². The zero-order chi connectivity index (χ0) is 15.0. The van der Waals surface area contributed by atoms with Crippen molar-refractivity contribution in [3.63, 3.8) is 0 Å². The lowest BCUT2D eigenvalue weighted by molar-refractivity contribution is 0.619. The summed E-state index contributed by atoms with van der Waals surface area (Å²) in [4.78, 5) is 5.64. The van der Waals surface area contributed by atoms with Crippen molar-refractivity contribution in [3.05, 3.63) is 60.3 Å². The molecule has 2 aromatic carbocycles. The molecule has 0 bridgehead atoms. The van der Waals surface area contributed by atoms with Gasteiger partial charge in [0.15, 0.2) is 5.82 Å². The molecule has 2 N–H and O–H groups in total. The highest BCUT2D eigenvalue weighted by atomic mass is 19.1. The summed E-state index contributed by atoms with van der Waals surface area (Å²) < 4.78 is 28.3. The first-order valence-electron chi connectivity index (χ1n) is 6.40. The zero-order valence-electron chi connectivity index (χ0n) is 11.3. The van der Waals surface area contributed by atoms with Crippen LogP contribution < -0.4 is 10.6 Å². The number of pyridine rings is 1. The first-order chi connectivity index (χ1) is 10.1. The SMILES string of the molecule is CN(c1ccccc1F)c1c(F)cc(N)c2cccnc12. The summed E-state index contributed by atoms with van der Waals surface area (Å²) in [5.74, 6) is -0.968. The fourth-order valence-electron chi connectivity index (χ4n) is 2.39. The summed E-state index contributed by atoms with van der Waals surface area (Å²) >= 11 is 0. The fraction of sp³-hybridized carbons (Fsp3) is 0.0625. The Morgan fingerprint density at radius 2 is 1.81 bits per heavy atom. The molecule has 21 heavy (non-hydrogen) atoms. The maximum Gasteiger partial charge on any atom is 0.151 e. The number of benzene rings is 2. The van der Waals surface area contributed by atoms with Gasteiger partial charge in [-0.05, 0) is 30.3 Å². The van der Waals surface area contributed by atoms with Crippen LogP contribution in [0, 0.1) is 11.6 Å². The van der Waals surface area contributed by atoms with E-state index in [9.17, 15) is 8.78 Å². The van der Waals surface area contributed by atoms with Crippen molar-refractivity contribution >= 4 is 28.0 Å². The largest absolute Gasteiger partial charge is 0.398 e. The molecule has 3 rings (SSSR count). The molecule has 0 spiro atoms. The van der Waals surface area contributed by atoms with E-state index < -0.39 is 11.6 Å². The van der Waals surface area contributed by atoms with Gasteiger partial charge in [-0.3, -0.25) is 4.98 Å². The van der Waals surface area contributed by atoms with Crippen molar-refractivity contribution in [2.24, 2.45) is 0 Å². The van der Waals surface area contributed by atoms with Crippen molar-refractivity contribution in [2.75, 3.05) is 17.7 Å². The highest BCUT2D eigenvalue weighted by Gasteiger charge is 2.18. The molecule has 0 radical (unpaired) electrons. The number of hydrogen-bond acceptors (Lipinski definition) is 3. The number of hydrogen-bond donors (Lipinski definition) is 1. The molecule has 0 atom stereocenters. The first kappa shape index (κ1) is 13.3. The lowest BCUT2D eigenvalue weighted by atomic mass is 10.1. The van der Waals surface area contributed by atoms with Crippen LogP contribution in [0.1, 0.15) is 0 Å². The number of rotatable bonds is 2. The van der Waals surface area contributed by atoms with Crippen LogP contribution in [-0.2, 0) is 0 Å². The number of halogens is 2. The van der Waals surface area contributed by atoms with Gasteiger partial charge in [-0.15, -0.1) is 0 Å². The predicted octanol–water partition coefficient (Wildman–Crippen LogP) is 3.86. The molecule has 106 valence electrons. The van der Waals surface area contributed by atoms with Gasteiger partial charge in [-0.1, -0.05) is 12.1 Å². The van der Waals surface area contributed by atoms with E-state index in [1.807, 2.05) is 0 Å². The molecule has 5 heteroatoms. The predicted molar refractivity (Wildman–Crippen MR) is 80.6 cm³/mol. The second-order valence-corrected chi connectivity index (χ2v) is 4.71. The topological polar surface area (TPSA) is 42.1 Å². The second-order valence-electron chi connectivity index (χ2n) is 4.71. The quantitative estimate of drug-likeness (QED) is 0.727. The third-order valence-electron chi connectivity index (χ3n) is 3.40. The second kappa shape index (κ2) is 5.01. The maximum atomic E-state index is 14.4. The monoisotopic (exact) mass is 285 g/mol. The molecule has 0 saturated carbocycles. The van der Waals surface area contributed by atoms with E-state index in [2.05, 4.69) is 4.98 Å². The summed E-state index contributed by atoms with van der Waals surface area (Å²) in [6, 6.07) is 10.9. The van der Waals surface area contributed by atoms with E-state index in [0.717, 1.165) is 0 Å². The minimum atomic E-state index is -0.538. The number of fused-ring (bicyclic) bond motifs is 1. The van der Waals surface area contributed by atoms with E-state index in [0.29, 0.717) is 16.6 Å². The Morgan fingerprint density at radius 3 is 2.57 bits per heavy atom. The molecule has 0 aliphatic rings. The molecule has 3 nitrogen and oxygen atoms in total. The number of anilines is 3. The number of nitrogens with zero attached hydrogens (tertiary/aromatic N) is 2. The summed E-state index contributed by atoms with van der Waals surface area (Å²) in [5, 5.41) is 0.636. The molecule has 0 aliphatic carbocycles. The van der Waals surface area contributed by atoms with E-state index in [1.165, 1.54) is 17.0 Å². The van der Waals surface area contributed by atoms with Gasteiger partial charge >= 0.3 is 0 Å². The van der Waals surface area contributed by atoms with Crippen molar-refractivity contribution < 1.29 is 8.78 Å². The van der Waals surface area contributed by atoms with Crippen molar-refractivity contribution in [3.8, 4) is 0 Å². The van der Waals surface area contributed by atoms with Crippen LogP contribution in [0.5, 0.6) is 0 Å². The maximum absolute atomic E-state index is 14.4. The number of para-hydroxylation sites is 1. The van der Waals surface area contributed by atoms with Crippen molar-refractivity contribution in [1.82, 2.24) is 4.98 Å². The van der Waals surface area contributed by atoms with Crippen LogP contribution in [0.3, 0.4) is 0 Å². The number of nitrogen functional groups attached to an aromatic ring is 1. The molecule has 1 heterocycles. The Labute approximate surface area is 120 Å². The Kier molecular flexibility index (Phi) is 3.17. The van der Waals surface area contributed by atoms with Gasteiger partial charge in [0, 0.05) is 24.3 Å². The Balaban J connectivity index is 2.28. The average Bonchev–Trinajstić information content (AvgIpc) is 2.47. The highest BCUT2D eigenvalue weighted by molar-refractivity contribution is 6.00. The number of aromatic nitrogens is 1. The molecule has 1 aromatic heterocycles. The highest BCUT2D eigenvalue weighted by Crippen LogP contribution is 2.36.